The number of nitrogens with one attached hydrogen (secondary N) is 3. The molecule has 6 rings (SSSR count). The van der Waals surface area contributed by atoms with Gasteiger partial charge in [-0.3, -0.25) is 4.79 Å². The van der Waals surface area contributed by atoms with Crippen LogP contribution in [0.1, 0.15) is 55.8 Å². The second-order valence-electron chi connectivity index (χ2n) is 11.0. The SMILES string of the molecule is O=C([CH]CCOCC(F)(F)F)N1CCCC1c1ncc(-c2ccc(-c3ccc(-c4cnc(C5CCCN5)[nH]4)cc3)cc2)[nH]1. The topological polar surface area (TPSA) is 98.9 Å². The fraction of sp³-hybridized carbons (Fsp3) is 0.375. The number of carbonyl (C=O) groups excluding carboxylic acids is 1. The van der Waals surface area contributed by atoms with Gasteiger partial charge < -0.3 is 24.9 Å². The fourth-order valence-electron chi connectivity index (χ4n) is 5.80. The van der Waals surface area contributed by atoms with E-state index in [1.807, 2.05) is 18.3 Å². The smallest absolute Gasteiger partial charge is 0.372 e. The summed E-state index contributed by atoms with van der Waals surface area (Å²) in [6.07, 6.45) is 4.69. The van der Waals surface area contributed by atoms with Crippen LogP contribution in [0.25, 0.3) is 33.6 Å². The first-order valence-electron chi connectivity index (χ1n) is 14.7. The lowest BCUT2D eigenvalue weighted by Crippen LogP contribution is -2.31. The van der Waals surface area contributed by atoms with E-state index in [-0.39, 0.29) is 25.0 Å². The van der Waals surface area contributed by atoms with E-state index in [0.717, 1.165) is 65.3 Å². The fourth-order valence-corrected chi connectivity index (χ4v) is 5.80. The van der Waals surface area contributed by atoms with E-state index < -0.39 is 12.8 Å². The molecule has 3 N–H and O–H groups in total. The molecule has 2 fully saturated rings. The molecule has 0 bridgehead atoms. The van der Waals surface area contributed by atoms with Crippen molar-refractivity contribution in [3.05, 3.63) is 79.0 Å². The number of imidazole rings is 2. The van der Waals surface area contributed by atoms with Crippen LogP contribution in [-0.4, -0.2) is 63.2 Å². The first-order valence-corrected chi connectivity index (χ1v) is 14.7. The quantitative estimate of drug-likeness (QED) is 0.186. The molecule has 2 aromatic heterocycles. The van der Waals surface area contributed by atoms with Crippen LogP contribution in [-0.2, 0) is 9.53 Å². The van der Waals surface area contributed by atoms with Gasteiger partial charge in [0.25, 0.3) is 0 Å². The zero-order valence-electron chi connectivity index (χ0n) is 23.7. The molecule has 1 amide bonds. The molecule has 4 aromatic rings. The van der Waals surface area contributed by atoms with Crippen molar-refractivity contribution in [3.63, 3.8) is 0 Å². The Labute approximate surface area is 248 Å². The highest BCUT2D eigenvalue weighted by atomic mass is 19.4. The Balaban J connectivity index is 1.05. The highest BCUT2D eigenvalue weighted by Crippen LogP contribution is 2.33. The zero-order chi connectivity index (χ0) is 29.8. The standard InChI is InChI=1S/C32H34F3N6O2/c33-32(34,35)20-43-17-3-6-29(42)41-16-2-5-28(41)31-38-19-27(40-31)24-13-9-22(10-14-24)21-7-11-23(12-8-21)26-18-37-30(39-26)25-4-1-15-36-25/h6-14,18-19,25,28,36H,1-5,15-17,20H2,(H,37,39)(H,38,40). The molecule has 2 aromatic carbocycles. The number of aromatic nitrogens is 4. The number of halogens is 3. The van der Waals surface area contributed by atoms with Crippen LogP contribution in [0.3, 0.4) is 0 Å². The molecule has 1 radical (unpaired) electrons. The summed E-state index contributed by atoms with van der Waals surface area (Å²) in [6.45, 7) is 0.145. The van der Waals surface area contributed by atoms with Crippen molar-refractivity contribution in [2.75, 3.05) is 26.3 Å². The summed E-state index contributed by atoms with van der Waals surface area (Å²) in [5, 5.41) is 3.47. The lowest BCUT2D eigenvalue weighted by atomic mass is 10.0. The Morgan fingerprint density at radius 3 is 2.09 bits per heavy atom. The zero-order valence-corrected chi connectivity index (χ0v) is 23.7. The highest BCUT2D eigenvalue weighted by molar-refractivity contribution is 5.85. The average molecular weight is 592 g/mol. The molecule has 11 heteroatoms. The number of hydrogen-bond donors (Lipinski definition) is 3. The van der Waals surface area contributed by atoms with Gasteiger partial charge in [0.05, 0.1) is 42.3 Å². The van der Waals surface area contributed by atoms with Crippen LogP contribution in [0.4, 0.5) is 13.2 Å². The van der Waals surface area contributed by atoms with Crippen LogP contribution in [0.15, 0.2) is 60.9 Å². The Kier molecular flexibility index (Phi) is 8.62. The van der Waals surface area contributed by atoms with E-state index in [4.69, 9.17) is 0 Å². The number of aromatic amines is 2. The van der Waals surface area contributed by atoms with Crippen LogP contribution >= 0.6 is 0 Å². The molecule has 2 atom stereocenters. The van der Waals surface area contributed by atoms with Crippen LogP contribution in [0, 0.1) is 6.42 Å². The van der Waals surface area contributed by atoms with Gasteiger partial charge in [0.15, 0.2) is 0 Å². The van der Waals surface area contributed by atoms with Crippen molar-refractivity contribution >= 4 is 5.91 Å². The number of ether oxygens (including phenoxy) is 1. The first-order chi connectivity index (χ1) is 20.8. The Hall–Kier alpha value is -3.96. The summed E-state index contributed by atoms with van der Waals surface area (Å²) in [5.74, 6) is 1.48. The number of likely N-dealkylation sites (tertiary alicyclic amines) is 1. The van der Waals surface area contributed by atoms with E-state index in [2.05, 4.69) is 66.4 Å². The molecule has 0 spiro atoms. The Bertz CT molecular complexity index is 1510. The molecule has 2 unspecified atom stereocenters. The number of H-pyrrole nitrogens is 2. The van der Waals surface area contributed by atoms with Crippen LogP contribution in [0.5, 0.6) is 0 Å². The number of hydrogen-bond acceptors (Lipinski definition) is 5. The van der Waals surface area contributed by atoms with Crippen LogP contribution in [0.2, 0.25) is 0 Å². The summed E-state index contributed by atoms with van der Waals surface area (Å²) in [6, 6.07) is 16.8. The first kappa shape index (κ1) is 29.1. The van der Waals surface area contributed by atoms with Gasteiger partial charge in [-0.2, -0.15) is 13.2 Å². The second kappa shape index (κ2) is 12.7. The third-order valence-corrected chi connectivity index (χ3v) is 8.00. The van der Waals surface area contributed by atoms with Crippen LogP contribution < -0.4 is 5.32 Å². The predicted molar refractivity (Wildman–Crippen MR) is 156 cm³/mol. The van der Waals surface area contributed by atoms with Crippen molar-refractivity contribution in [2.45, 2.75) is 50.4 Å². The minimum atomic E-state index is -4.37. The average Bonchev–Trinajstić information content (AvgIpc) is 3.83. The molecular formula is C32H34F3N6O2. The monoisotopic (exact) mass is 591 g/mol. The second-order valence-corrected chi connectivity index (χ2v) is 11.0. The third-order valence-electron chi connectivity index (χ3n) is 8.00. The molecule has 225 valence electrons. The number of carbonyl (C=O) groups is 1. The maximum absolute atomic E-state index is 12.7. The van der Waals surface area contributed by atoms with E-state index in [9.17, 15) is 18.0 Å². The summed E-state index contributed by atoms with van der Waals surface area (Å²) in [4.78, 5) is 30.4. The predicted octanol–water partition coefficient (Wildman–Crippen LogP) is 6.40. The van der Waals surface area contributed by atoms with E-state index >= 15 is 0 Å². The van der Waals surface area contributed by atoms with Crippen molar-refractivity contribution in [3.8, 4) is 33.6 Å². The summed E-state index contributed by atoms with van der Waals surface area (Å²) in [5.41, 5.74) is 6.14. The van der Waals surface area contributed by atoms with Gasteiger partial charge in [0, 0.05) is 13.2 Å². The normalized spacial score (nSPS) is 18.9. The van der Waals surface area contributed by atoms with Gasteiger partial charge in [-0.05, 0) is 60.9 Å². The lowest BCUT2D eigenvalue weighted by Gasteiger charge is -2.23. The van der Waals surface area contributed by atoms with Gasteiger partial charge in [0.1, 0.15) is 18.3 Å². The van der Waals surface area contributed by atoms with E-state index in [1.165, 1.54) is 12.8 Å². The van der Waals surface area contributed by atoms with Crippen molar-refractivity contribution in [1.82, 2.24) is 30.2 Å². The maximum atomic E-state index is 12.7. The highest BCUT2D eigenvalue weighted by Gasteiger charge is 2.32. The third kappa shape index (κ3) is 7.00. The number of amides is 1. The summed E-state index contributed by atoms with van der Waals surface area (Å²) in [7, 11) is 0. The summed E-state index contributed by atoms with van der Waals surface area (Å²) < 4.78 is 41.3. The van der Waals surface area contributed by atoms with Gasteiger partial charge in [-0.15, -0.1) is 0 Å². The molecule has 8 nitrogen and oxygen atoms in total. The largest absolute Gasteiger partial charge is 0.411 e. The minimum absolute atomic E-state index is 0.124. The van der Waals surface area contributed by atoms with Crippen molar-refractivity contribution in [1.29, 1.82) is 0 Å². The van der Waals surface area contributed by atoms with E-state index in [1.54, 1.807) is 11.1 Å². The van der Waals surface area contributed by atoms with Crippen molar-refractivity contribution in [2.24, 2.45) is 0 Å². The molecule has 2 aliphatic heterocycles. The van der Waals surface area contributed by atoms with E-state index in [0.29, 0.717) is 18.4 Å². The lowest BCUT2D eigenvalue weighted by molar-refractivity contribution is -0.173. The Morgan fingerprint density at radius 1 is 0.884 bits per heavy atom. The molecule has 2 aliphatic rings. The Morgan fingerprint density at radius 2 is 1.49 bits per heavy atom. The molecule has 43 heavy (non-hydrogen) atoms. The van der Waals surface area contributed by atoms with Gasteiger partial charge in [0.2, 0.25) is 5.91 Å². The summed E-state index contributed by atoms with van der Waals surface area (Å²) >= 11 is 0. The molecule has 0 aliphatic carbocycles. The van der Waals surface area contributed by atoms with Crippen molar-refractivity contribution < 1.29 is 22.7 Å². The minimum Gasteiger partial charge on any atom is -0.372 e. The van der Waals surface area contributed by atoms with Gasteiger partial charge in [-0.1, -0.05) is 48.5 Å². The number of nitrogens with zero attached hydrogens (tertiary/aromatic N) is 3. The number of benzene rings is 2. The molecule has 0 saturated carbocycles. The molecule has 4 heterocycles. The number of rotatable bonds is 10. The van der Waals surface area contributed by atoms with Gasteiger partial charge in [-0.25, -0.2) is 9.97 Å². The molecular weight excluding hydrogens is 557 g/mol. The molecule has 2 saturated heterocycles. The number of alkyl halides is 3. The maximum Gasteiger partial charge on any atom is 0.411 e. The van der Waals surface area contributed by atoms with Gasteiger partial charge >= 0.3 is 6.18 Å².